The molecule has 202 valence electrons. The van der Waals surface area contributed by atoms with Crippen molar-refractivity contribution in [1.82, 2.24) is 14.8 Å². The Bertz CT molecular complexity index is 1420. The van der Waals surface area contributed by atoms with Crippen LogP contribution in [0.25, 0.3) is 10.9 Å². The summed E-state index contributed by atoms with van der Waals surface area (Å²) in [6.07, 6.45) is 4.56. The highest BCUT2D eigenvalue weighted by Crippen LogP contribution is 2.29. The number of hydrogen-bond donors (Lipinski definition) is 1. The number of nitrogens with one attached hydrogen (secondary N) is 1. The predicted octanol–water partition coefficient (Wildman–Crippen LogP) is 5.45. The standard InChI is InChI=1S/C32H35N3O4/c1-3-39-27-15-11-23(12-16-27)21-34(18-17-25-20-33-30-10-5-4-9-29(25)30)31(36)22-35(26-13-14-26)32(37)24-7-6-8-28(19-24)38-2/h4-12,15-16,19-20,26,33H,3,13-14,17-18,21-22H2,1-2H3. The molecule has 7 heteroatoms. The van der Waals surface area contributed by atoms with Crippen molar-refractivity contribution in [2.45, 2.75) is 38.8 Å². The molecule has 39 heavy (non-hydrogen) atoms. The Kier molecular flexibility index (Phi) is 8.16. The molecular formula is C32H35N3O4. The van der Waals surface area contributed by atoms with Crippen molar-refractivity contribution >= 4 is 22.7 Å². The van der Waals surface area contributed by atoms with E-state index in [4.69, 9.17) is 9.47 Å². The van der Waals surface area contributed by atoms with E-state index in [2.05, 4.69) is 17.1 Å². The van der Waals surface area contributed by atoms with Crippen LogP contribution in [0.2, 0.25) is 0 Å². The normalized spacial score (nSPS) is 12.8. The van der Waals surface area contributed by atoms with Gasteiger partial charge in [-0.15, -0.1) is 0 Å². The molecule has 0 bridgehead atoms. The maximum atomic E-state index is 13.8. The molecule has 1 heterocycles. The Morgan fingerprint density at radius 3 is 2.51 bits per heavy atom. The third-order valence-corrected chi connectivity index (χ3v) is 7.16. The lowest BCUT2D eigenvalue weighted by molar-refractivity contribution is -0.132. The van der Waals surface area contributed by atoms with Crippen LogP contribution in [0, 0.1) is 0 Å². The molecule has 1 aliphatic carbocycles. The first-order valence-electron chi connectivity index (χ1n) is 13.5. The highest BCUT2D eigenvalue weighted by atomic mass is 16.5. The van der Waals surface area contributed by atoms with E-state index in [1.54, 1.807) is 30.2 Å². The number of methoxy groups -OCH3 is 1. The van der Waals surface area contributed by atoms with E-state index in [0.717, 1.165) is 29.7 Å². The van der Waals surface area contributed by atoms with Gasteiger partial charge in [0.25, 0.3) is 5.91 Å². The summed E-state index contributed by atoms with van der Waals surface area (Å²) >= 11 is 0. The van der Waals surface area contributed by atoms with E-state index in [-0.39, 0.29) is 24.4 Å². The molecule has 1 fully saturated rings. The first-order valence-corrected chi connectivity index (χ1v) is 13.5. The lowest BCUT2D eigenvalue weighted by Crippen LogP contribution is -2.44. The van der Waals surface area contributed by atoms with Crippen molar-refractivity contribution in [3.8, 4) is 11.5 Å². The van der Waals surface area contributed by atoms with Crippen molar-refractivity contribution < 1.29 is 19.1 Å². The first kappa shape index (κ1) is 26.4. The van der Waals surface area contributed by atoms with Crippen LogP contribution in [0.5, 0.6) is 11.5 Å². The molecule has 0 radical (unpaired) electrons. The molecule has 0 atom stereocenters. The van der Waals surface area contributed by atoms with Crippen LogP contribution in [-0.4, -0.2) is 59.4 Å². The largest absolute Gasteiger partial charge is 0.497 e. The van der Waals surface area contributed by atoms with Crippen molar-refractivity contribution in [3.05, 3.63) is 95.7 Å². The molecule has 1 N–H and O–H groups in total. The summed E-state index contributed by atoms with van der Waals surface area (Å²) in [5.74, 6) is 1.23. The molecule has 1 aliphatic rings. The summed E-state index contributed by atoms with van der Waals surface area (Å²) in [5, 5.41) is 1.17. The van der Waals surface area contributed by atoms with Gasteiger partial charge >= 0.3 is 0 Å². The van der Waals surface area contributed by atoms with E-state index in [9.17, 15) is 9.59 Å². The number of rotatable bonds is 12. The van der Waals surface area contributed by atoms with Crippen LogP contribution in [0.3, 0.4) is 0 Å². The van der Waals surface area contributed by atoms with Gasteiger partial charge < -0.3 is 24.3 Å². The third-order valence-electron chi connectivity index (χ3n) is 7.16. The molecule has 0 saturated heterocycles. The second kappa shape index (κ2) is 12.1. The molecule has 0 unspecified atom stereocenters. The maximum Gasteiger partial charge on any atom is 0.254 e. The summed E-state index contributed by atoms with van der Waals surface area (Å²) in [6, 6.07) is 23.3. The number of fused-ring (bicyclic) bond motifs is 1. The van der Waals surface area contributed by atoms with Crippen molar-refractivity contribution in [2.75, 3.05) is 26.8 Å². The second-order valence-corrected chi connectivity index (χ2v) is 9.90. The monoisotopic (exact) mass is 525 g/mol. The fourth-order valence-corrected chi connectivity index (χ4v) is 4.88. The number of amides is 2. The minimum absolute atomic E-state index is 0.0472. The molecule has 1 aromatic heterocycles. The van der Waals surface area contributed by atoms with Gasteiger partial charge in [-0.25, -0.2) is 0 Å². The molecule has 4 aromatic rings. The van der Waals surface area contributed by atoms with E-state index >= 15 is 0 Å². The average molecular weight is 526 g/mol. The van der Waals surface area contributed by atoms with Gasteiger partial charge in [0, 0.05) is 41.8 Å². The number of carbonyl (C=O) groups excluding carboxylic acids is 2. The van der Waals surface area contributed by atoms with Gasteiger partial charge in [-0.05, 0) is 73.7 Å². The number of ether oxygens (including phenoxy) is 2. The van der Waals surface area contributed by atoms with Gasteiger partial charge in [0.05, 0.1) is 13.7 Å². The first-order chi connectivity index (χ1) is 19.1. The molecular weight excluding hydrogens is 490 g/mol. The number of nitrogens with zero attached hydrogens (tertiary/aromatic N) is 2. The Balaban J connectivity index is 1.35. The van der Waals surface area contributed by atoms with Crippen LogP contribution in [0.15, 0.2) is 79.0 Å². The van der Waals surface area contributed by atoms with Gasteiger partial charge in [0.15, 0.2) is 0 Å². The summed E-state index contributed by atoms with van der Waals surface area (Å²) in [4.78, 5) is 34.2. The summed E-state index contributed by atoms with van der Waals surface area (Å²) in [7, 11) is 1.58. The maximum absolute atomic E-state index is 13.8. The summed E-state index contributed by atoms with van der Waals surface area (Å²) in [6.45, 7) is 3.61. The van der Waals surface area contributed by atoms with Gasteiger partial charge in [-0.1, -0.05) is 36.4 Å². The van der Waals surface area contributed by atoms with Crippen LogP contribution in [0.1, 0.15) is 41.3 Å². The van der Waals surface area contributed by atoms with Gasteiger partial charge in [0.1, 0.15) is 18.0 Å². The SMILES string of the molecule is CCOc1ccc(CN(CCc2c[nH]c3ccccc23)C(=O)CN(C(=O)c2cccc(OC)c2)C2CC2)cc1. The Hall–Kier alpha value is -4.26. The lowest BCUT2D eigenvalue weighted by atomic mass is 10.1. The number of para-hydroxylation sites is 1. The Morgan fingerprint density at radius 2 is 1.77 bits per heavy atom. The van der Waals surface area contributed by atoms with Crippen LogP contribution >= 0.6 is 0 Å². The predicted molar refractivity (Wildman–Crippen MR) is 152 cm³/mol. The van der Waals surface area contributed by atoms with Gasteiger partial charge in [0.2, 0.25) is 5.91 Å². The topological polar surface area (TPSA) is 74.9 Å². The minimum Gasteiger partial charge on any atom is -0.497 e. The lowest BCUT2D eigenvalue weighted by Gasteiger charge is -2.28. The van der Waals surface area contributed by atoms with Crippen LogP contribution in [-0.2, 0) is 17.8 Å². The quantitative estimate of drug-likeness (QED) is 0.267. The fraction of sp³-hybridized carbons (Fsp3) is 0.312. The average Bonchev–Trinajstić information content (AvgIpc) is 3.74. The number of aromatic nitrogens is 1. The molecule has 0 spiro atoms. The third kappa shape index (κ3) is 6.42. The fourth-order valence-electron chi connectivity index (χ4n) is 4.88. The Labute approximate surface area is 229 Å². The zero-order valence-electron chi connectivity index (χ0n) is 22.6. The van der Waals surface area contributed by atoms with E-state index in [1.165, 1.54) is 10.9 Å². The van der Waals surface area contributed by atoms with Gasteiger partial charge in [-0.2, -0.15) is 0 Å². The molecule has 7 nitrogen and oxygen atoms in total. The zero-order chi connectivity index (χ0) is 27.2. The van der Waals surface area contributed by atoms with Crippen molar-refractivity contribution in [1.29, 1.82) is 0 Å². The van der Waals surface area contributed by atoms with Gasteiger partial charge in [-0.3, -0.25) is 9.59 Å². The highest BCUT2D eigenvalue weighted by molar-refractivity contribution is 5.97. The smallest absolute Gasteiger partial charge is 0.254 e. The summed E-state index contributed by atoms with van der Waals surface area (Å²) in [5.41, 5.74) is 3.80. The Morgan fingerprint density at radius 1 is 0.974 bits per heavy atom. The van der Waals surface area contributed by atoms with Crippen LogP contribution < -0.4 is 9.47 Å². The van der Waals surface area contributed by atoms with E-state index < -0.39 is 0 Å². The highest BCUT2D eigenvalue weighted by Gasteiger charge is 2.35. The molecule has 3 aromatic carbocycles. The van der Waals surface area contributed by atoms with E-state index in [0.29, 0.717) is 37.4 Å². The second-order valence-electron chi connectivity index (χ2n) is 9.90. The molecule has 0 aliphatic heterocycles. The van der Waals surface area contributed by atoms with Crippen LogP contribution in [0.4, 0.5) is 0 Å². The summed E-state index contributed by atoms with van der Waals surface area (Å²) < 4.78 is 10.9. The number of H-pyrrole nitrogens is 1. The number of carbonyl (C=O) groups is 2. The number of hydrogen-bond acceptors (Lipinski definition) is 4. The van der Waals surface area contributed by atoms with Crippen molar-refractivity contribution in [2.24, 2.45) is 0 Å². The molecule has 1 saturated carbocycles. The molecule has 5 rings (SSSR count). The zero-order valence-corrected chi connectivity index (χ0v) is 22.6. The minimum atomic E-state index is -0.137. The number of benzene rings is 3. The number of aromatic amines is 1. The molecule has 2 amide bonds. The van der Waals surface area contributed by atoms with Crippen molar-refractivity contribution in [3.63, 3.8) is 0 Å². The van der Waals surface area contributed by atoms with E-state index in [1.807, 2.05) is 60.5 Å².